The summed E-state index contributed by atoms with van der Waals surface area (Å²) < 4.78 is 10.7. The molecule has 1 aromatic carbocycles. The van der Waals surface area contributed by atoms with Crippen LogP contribution < -0.4 is 10.1 Å². The second kappa shape index (κ2) is 6.32. The number of methoxy groups -OCH3 is 1. The first-order valence-electron chi connectivity index (χ1n) is 7.52. The molecule has 1 amide bonds. The van der Waals surface area contributed by atoms with Crippen molar-refractivity contribution in [3.05, 3.63) is 35.5 Å². The van der Waals surface area contributed by atoms with Gasteiger partial charge < -0.3 is 14.8 Å². The number of nitrogens with one attached hydrogen (secondary N) is 1. The van der Waals surface area contributed by atoms with E-state index in [0.29, 0.717) is 17.8 Å². The molecule has 0 saturated carbocycles. The molecule has 5 nitrogen and oxygen atoms in total. The highest BCUT2D eigenvalue weighted by Crippen LogP contribution is 2.21. The maximum Gasteiger partial charge on any atom is 0.253 e. The molecule has 3 rings (SSSR count). The van der Waals surface area contributed by atoms with Gasteiger partial charge in [0.15, 0.2) is 0 Å². The Labute approximate surface area is 129 Å². The molecule has 1 aliphatic heterocycles. The van der Waals surface area contributed by atoms with Crippen molar-refractivity contribution >= 4 is 16.8 Å². The fourth-order valence-electron chi connectivity index (χ4n) is 2.71. The van der Waals surface area contributed by atoms with Crippen LogP contribution in [-0.4, -0.2) is 37.3 Å². The van der Waals surface area contributed by atoms with Gasteiger partial charge in [-0.25, -0.2) is 0 Å². The van der Waals surface area contributed by atoms with Gasteiger partial charge in [-0.15, -0.1) is 0 Å². The van der Waals surface area contributed by atoms with Gasteiger partial charge in [0.05, 0.1) is 30.0 Å². The molecule has 1 aliphatic rings. The van der Waals surface area contributed by atoms with Crippen LogP contribution in [0.4, 0.5) is 0 Å². The molecule has 2 aromatic rings. The van der Waals surface area contributed by atoms with Crippen molar-refractivity contribution in [3.8, 4) is 5.75 Å². The normalized spacial score (nSPS) is 17.6. The Balaban J connectivity index is 1.80. The molecule has 0 spiro atoms. The lowest BCUT2D eigenvalue weighted by molar-refractivity contribution is 0.0857. The standard InChI is InChI=1S/C17H20N2O3/c1-11-15(17(20)18-10-14-4-3-7-22-14)8-12-5-6-13(21-2)9-16(12)19-11/h5-6,8-9,14H,3-4,7,10H2,1-2H3,(H,18,20). The first kappa shape index (κ1) is 14.8. The molecular weight excluding hydrogens is 280 g/mol. The van der Waals surface area contributed by atoms with E-state index in [1.807, 2.05) is 31.2 Å². The van der Waals surface area contributed by atoms with Crippen LogP contribution in [0.5, 0.6) is 5.75 Å². The number of rotatable bonds is 4. The van der Waals surface area contributed by atoms with Crippen molar-refractivity contribution in [2.75, 3.05) is 20.3 Å². The van der Waals surface area contributed by atoms with Crippen molar-refractivity contribution in [2.24, 2.45) is 0 Å². The van der Waals surface area contributed by atoms with Gasteiger partial charge in [0.25, 0.3) is 5.91 Å². The van der Waals surface area contributed by atoms with E-state index < -0.39 is 0 Å². The molecule has 1 unspecified atom stereocenters. The smallest absolute Gasteiger partial charge is 0.253 e. The Morgan fingerprint density at radius 1 is 1.45 bits per heavy atom. The third kappa shape index (κ3) is 3.04. The summed E-state index contributed by atoms with van der Waals surface area (Å²) in [5.74, 6) is 0.660. The lowest BCUT2D eigenvalue weighted by atomic mass is 10.1. The fraction of sp³-hybridized carbons (Fsp3) is 0.412. The summed E-state index contributed by atoms with van der Waals surface area (Å²) in [6.07, 6.45) is 2.22. The molecule has 1 N–H and O–H groups in total. The minimum absolute atomic E-state index is 0.0989. The number of aromatic nitrogens is 1. The van der Waals surface area contributed by atoms with Crippen LogP contribution in [0.25, 0.3) is 10.9 Å². The Kier molecular flexibility index (Phi) is 4.24. The number of ether oxygens (including phenoxy) is 2. The summed E-state index contributed by atoms with van der Waals surface area (Å²) in [6.45, 7) is 3.19. The number of aryl methyl sites for hydroxylation is 1. The van der Waals surface area contributed by atoms with E-state index in [9.17, 15) is 4.79 Å². The van der Waals surface area contributed by atoms with Crippen LogP contribution in [0, 0.1) is 6.92 Å². The fourth-order valence-corrected chi connectivity index (χ4v) is 2.71. The van der Waals surface area contributed by atoms with Gasteiger partial charge in [-0.05, 0) is 38.0 Å². The largest absolute Gasteiger partial charge is 0.497 e. The van der Waals surface area contributed by atoms with Crippen LogP contribution in [-0.2, 0) is 4.74 Å². The Hall–Kier alpha value is -2.14. The zero-order valence-corrected chi connectivity index (χ0v) is 12.9. The Morgan fingerprint density at radius 2 is 2.32 bits per heavy atom. The number of amides is 1. The lowest BCUT2D eigenvalue weighted by Gasteiger charge is -2.12. The topological polar surface area (TPSA) is 60.5 Å². The molecule has 1 fully saturated rings. The van der Waals surface area contributed by atoms with E-state index in [0.717, 1.165) is 36.1 Å². The molecule has 0 aliphatic carbocycles. The highest BCUT2D eigenvalue weighted by molar-refractivity contribution is 5.98. The molecule has 116 valence electrons. The van der Waals surface area contributed by atoms with E-state index in [1.165, 1.54) is 0 Å². The molecule has 0 bridgehead atoms. The minimum Gasteiger partial charge on any atom is -0.497 e. The van der Waals surface area contributed by atoms with Gasteiger partial charge in [0.2, 0.25) is 0 Å². The molecule has 1 aromatic heterocycles. The van der Waals surface area contributed by atoms with Gasteiger partial charge in [0.1, 0.15) is 5.75 Å². The predicted octanol–water partition coefficient (Wildman–Crippen LogP) is 2.46. The van der Waals surface area contributed by atoms with E-state index in [-0.39, 0.29) is 12.0 Å². The summed E-state index contributed by atoms with van der Waals surface area (Å²) in [7, 11) is 1.63. The number of benzene rings is 1. The molecular formula is C17H20N2O3. The Morgan fingerprint density at radius 3 is 3.05 bits per heavy atom. The number of nitrogens with zero attached hydrogens (tertiary/aromatic N) is 1. The monoisotopic (exact) mass is 300 g/mol. The Bertz CT molecular complexity index is 694. The maximum absolute atomic E-state index is 12.4. The van der Waals surface area contributed by atoms with Crippen LogP contribution in [0.15, 0.2) is 24.3 Å². The van der Waals surface area contributed by atoms with Crippen LogP contribution in [0.1, 0.15) is 28.9 Å². The van der Waals surface area contributed by atoms with Crippen molar-refractivity contribution in [1.82, 2.24) is 10.3 Å². The quantitative estimate of drug-likeness (QED) is 0.942. The van der Waals surface area contributed by atoms with Crippen molar-refractivity contribution in [2.45, 2.75) is 25.9 Å². The molecule has 1 atom stereocenters. The molecule has 0 radical (unpaired) electrons. The number of fused-ring (bicyclic) bond motifs is 1. The van der Waals surface area contributed by atoms with Gasteiger partial charge in [-0.2, -0.15) is 0 Å². The van der Waals surface area contributed by atoms with Crippen LogP contribution >= 0.6 is 0 Å². The highest BCUT2D eigenvalue weighted by atomic mass is 16.5. The number of carbonyl (C=O) groups is 1. The number of carbonyl (C=O) groups excluding carboxylic acids is 1. The molecule has 5 heteroatoms. The van der Waals surface area contributed by atoms with Gasteiger partial charge >= 0.3 is 0 Å². The maximum atomic E-state index is 12.4. The van der Waals surface area contributed by atoms with Crippen molar-refractivity contribution < 1.29 is 14.3 Å². The molecule has 2 heterocycles. The third-order valence-corrected chi connectivity index (χ3v) is 3.97. The minimum atomic E-state index is -0.0989. The summed E-state index contributed by atoms with van der Waals surface area (Å²) in [5, 5.41) is 3.87. The average molecular weight is 300 g/mol. The third-order valence-electron chi connectivity index (χ3n) is 3.97. The SMILES string of the molecule is COc1ccc2cc(C(=O)NCC3CCCO3)c(C)nc2c1. The second-order valence-electron chi connectivity index (χ2n) is 5.53. The second-order valence-corrected chi connectivity index (χ2v) is 5.53. The number of pyridine rings is 1. The van der Waals surface area contributed by atoms with E-state index >= 15 is 0 Å². The van der Waals surface area contributed by atoms with Gasteiger partial charge in [0, 0.05) is 24.6 Å². The summed E-state index contributed by atoms with van der Waals surface area (Å²) in [5.41, 5.74) is 2.15. The van der Waals surface area contributed by atoms with Crippen LogP contribution in [0.3, 0.4) is 0 Å². The number of hydrogen-bond donors (Lipinski definition) is 1. The zero-order chi connectivity index (χ0) is 15.5. The summed E-state index contributed by atoms with van der Waals surface area (Å²) >= 11 is 0. The summed E-state index contributed by atoms with van der Waals surface area (Å²) in [6, 6.07) is 7.53. The number of hydrogen-bond acceptors (Lipinski definition) is 4. The average Bonchev–Trinajstić information content (AvgIpc) is 3.04. The van der Waals surface area contributed by atoms with E-state index in [1.54, 1.807) is 7.11 Å². The molecule has 1 saturated heterocycles. The van der Waals surface area contributed by atoms with Crippen molar-refractivity contribution in [1.29, 1.82) is 0 Å². The van der Waals surface area contributed by atoms with E-state index in [2.05, 4.69) is 10.3 Å². The lowest BCUT2D eigenvalue weighted by Crippen LogP contribution is -2.32. The van der Waals surface area contributed by atoms with Gasteiger partial charge in [-0.1, -0.05) is 0 Å². The molecule has 22 heavy (non-hydrogen) atoms. The van der Waals surface area contributed by atoms with Crippen molar-refractivity contribution in [3.63, 3.8) is 0 Å². The van der Waals surface area contributed by atoms with Crippen LogP contribution in [0.2, 0.25) is 0 Å². The zero-order valence-electron chi connectivity index (χ0n) is 12.9. The highest BCUT2D eigenvalue weighted by Gasteiger charge is 2.18. The van der Waals surface area contributed by atoms with E-state index in [4.69, 9.17) is 9.47 Å². The first-order chi connectivity index (χ1) is 10.7. The predicted molar refractivity (Wildman–Crippen MR) is 84.3 cm³/mol. The summed E-state index contributed by atoms with van der Waals surface area (Å²) in [4.78, 5) is 16.9. The van der Waals surface area contributed by atoms with Gasteiger partial charge in [-0.3, -0.25) is 9.78 Å². The first-order valence-corrected chi connectivity index (χ1v) is 7.52.